The van der Waals surface area contributed by atoms with Gasteiger partial charge in [0.1, 0.15) is 5.82 Å². The molecule has 27 heavy (non-hydrogen) atoms. The summed E-state index contributed by atoms with van der Waals surface area (Å²) in [6.45, 7) is 1.55. The Morgan fingerprint density at radius 1 is 1.04 bits per heavy atom. The van der Waals surface area contributed by atoms with Crippen LogP contribution in [0.2, 0.25) is 0 Å². The first kappa shape index (κ1) is 17.5. The summed E-state index contributed by atoms with van der Waals surface area (Å²) in [6, 6.07) is 20.4. The summed E-state index contributed by atoms with van der Waals surface area (Å²) in [4.78, 5) is 12.7. The summed E-state index contributed by atoms with van der Waals surface area (Å²) in [5.74, 6) is 1.50. The summed E-state index contributed by atoms with van der Waals surface area (Å²) < 4.78 is 2.10. The molecule has 0 bridgehead atoms. The van der Waals surface area contributed by atoms with Gasteiger partial charge in [-0.25, -0.2) is 0 Å². The highest BCUT2D eigenvalue weighted by atomic mass is 16.1. The number of aromatic nitrogens is 3. The van der Waals surface area contributed by atoms with Crippen LogP contribution in [0.25, 0.3) is 11.4 Å². The minimum Gasteiger partial charge on any atom is -0.355 e. The van der Waals surface area contributed by atoms with E-state index in [1.165, 1.54) is 5.56 Å². The molecule has 0 saturated heterocycles. The van der Waals surface area contributed by atoms with Crippen LogP contribution >= 0.6 is 0 Å². The first-order valence-electron chi connectivity index (χ1n) is 9.63. The lowest BCUT2D eigenvalue weighted by molar-refractivity contribution is -0.123. The Morgan fingerprint density at radius 2 is 1.78 bits per heavy atom. The number of rotatable bonds is 6. The van der Waals surface area contributed by atoms with Gasteiger partial charge in [-0.2, -0.15) is 0 Å². The van der Waals surface area contributed by atoms with Crippen LogP contribution in [0, 0.1) is 0 Å². The third-order valence-corrected chi connectivity index (χ3v) is 5.10. The largest absolute Gasteiger partial charge is 0.355 e. The second-order valence-electron chi connectivity index (χ2n) is 6.97. The van der Waals surface area contributed by atoms with Gasteiger partial charge in [-0.3, -0.25) is 4.79 Å². The van der Waals surface area contributed by atoms with E-state index in [1.807, 2.05) is 48.5 Å². The molecule has 1 amide bonds. The third-order valence-electron chi connectivity index (χ3n) is 5.10. The molecular formula is C22H24N4O. The highest BCUT2D eigenvalue weighted by molar-refractivity contribution is 5.83. The second kappa shape index (κ2) is 8.16. The number of hydrogen-bond acceptors (Lipinski definition) is 3. The maximum Gasteiger partial charge on any atom is 0.230 e. The van der Waals surface area contributed by atoms with E-state index < -0.39 is 0 Å². The summed E-state index contributed by atoms with van der Waals surface area (Å²) in [5.41, 5.74) is 2.34. The van der Waals surface area contributed by atoms with E-state index in [9.17, 15) is 4.79 Å². The average molecular weight is 360 g/mol. The molecule has 3 aromatic rings. The molecule has 5 heteroatoms. The molecule has 0 saturated carbocycles. The molecule has 1 unspecified atom stereocenters. The van der Waals surface area contributed by atoms with Crippen LogP contribution in [0.1, 0.15) is 36.6 Å². The average Bonchev–Trinajstić information content (AvgIpc) is 3.17. The quantitative estimate of drug-likeness (QED) is 0.684. The van der Waals surface area contributed by atoms with Crippen LogP contribution in [-0.4, -0.2) is 27.2 Å². The number of nitrogens with one attached hydrogen (secondary N) is 1. The highest BCUT2D eigenvalue weighted by Crippen LogP contribution is 2.30. The molecule has 5 nitrogen and oxygen atoms in total. The lowest BCUT2D eigenvalue weighted by Crippen LogP contribution is -2.34. The van der Waals surface area contributed by atoms with E-state index >= 15 is 0 Å². The molecule has 1 aliphatic heterocycles. The van der Waals surface area contributed by atoms with E-state index in [0.717, 1.165) is 49.4 Å². The number of aryl methyl sites for hydroxylation is 1. The van der Waals surface area contributed by atoms with Crippen LogP contribution in [0.5, 0.6) is 0 Å². The predicted molar refractivity (Wildman–Crippen MR) is 105 cm³/mol. The molecule has 0 radical (unpaired) electrons. The van der Waals surface area contributed by atoms with Gasteiger partial charge in [0.15, 0.2) is 5.82 Å². The molecule has 4 rings (SSSR count). The van der Waals surface area contributed by atoms with E-state index in [-0.39, 0.29) is 11.8 Å². The molecule has 0 aliphatic carbocycles. The number of carbonyl (C=O) groups excluding carboxylic acids is 1. The zero-order chi connectivity index (χ0) is 18.5. The minimum atomic E-state index is -0.208. The molecule has 1 aliphatic rings. The van der Waals surface area contributed by atoms with Crippen molar-refractivity contribution < 1.29 is 4.79 Å². The molecule has 1 aromatic heterocycles. The van der Waals surface area contributed by atoms with Crippen LogP contribution < -0.4 is 5.32 Å². The van der Waals surface area contributed by atoms with E-state index in [4.69, 9.17) is 0 Å². The molecule has 138 valence electrons. The normalized spacial score (nSPS) is 15.9. The summed E-state index contributed by atoms with van der Waals surface area (Å²) in [5, 5.41) is 11.8. The third kappa shape index (κ3) is 3.92. The van der Waals surface area contributed by atoms with E-state index in [2.05, 4.69) is 32.2 Å². The van der Waals surface area contributed by atoms with Gasteiger partial charge >= 0.3 is 0 Å². The Bertz CT molecular complexity index is 889. The van der Waals surface area contributed by atoms with Gasteiger partial charge in [-0.15, -0.1) is 10.2 Å². The fourth-order valence-electron chi connectivity index (χ4n) is 3.70. The van der Waals surface area contributed by atoms with Crippen LogP contribution in [0.15, 0.2) is 60.7 Å². The van der Waals surface area contributed by atoms with Gasteiger partial charge in [0.2, 0.25) is 5.91 Å². The second-order valence-corrected chi connectivity index (χ2v) is 6.97. The fraction of sp³-hybridized carbons (Fsp3) is 0.318. The first-order chi connectivity index (χ1) is 13.3. The van der Waals surface area contributed by atoms with Crippen molar-refractivity contribution in [1.29, 1.82) is 0 Å². The Kier molecular flexibility index (Phi) is 5.28. The van der Waals surface area contributed by atoms with Crippen molar-refractivity contribution >= 4 is 5.91 Å². The Balaban J connectivity index is 1.39. The SMILES string of the molecule is O=C(NCCCc1ccccc1)C1CCCn2c(-c3ccccc3)nnc21. The van der Waals surface area contributed by atoms with Gasteiger partial charge in [0, 0.05) is 18.7 Å². The van der Waals surface area contributed by atoms with E-state index in [0.29, 0.717) is 6.54 Å². The smallest absolute Gasteiger partial charge is 0.230 e. The standard InChI is InChI=1S/C22H24N4O/c27-22(23-15-7-11-17-9-3-1-4-10-17)19-14-8-16-26-20(24-25-21(19)26)18-12-5-2-6-13-18/h1-6,9-10,12-13,19H,7-8,11,14-16H2,(H,23,27). The van der Waals surface area contributed by atoms with Crippen LogP contribution in [-0.2, 0) is 17.8 Å². The minimum absolute atomic E-state index is 0.0658. The monoisotopic (exact) mass is 360 g/mol. The molecule has 2 aromatic carbocycles. The zero-order valence-corrected chi connectivity index (χ0v) is 15.3. The van der Waals surface area contributed by atoms with Gasteiger partial charge < -0.3 is 9.88 Å². The van der Waals surface area contributed by atoms with Crippen molar-refractivity contribution in [2.24, 2.45) is 0 Å². The summed E-state index contributed by atoms with van der Waals surface area (Å²) in [7, 11) is 0. The lowest BCUT2D eigenvalue weighted by Gasteiger charge is -2.23. The molecule has 1 atom stereocenters. The van der Waals surface area contributed by atoms with Crippen molar-refractivity contribution in [3.8, 4) is 11.4 Å². The fourth-order valence-corrected chi connectivity index (χ4v) is 3.70. The molecule has 2 heterocycles. The van der Waals surface area contributed by atoms with Crippen molar-refractivity contribution in [3.63, 3.8) is 0 Å². The maximum absolute atomic E-state index is 12.7. The first-order valence-corrected chi connectivity index (χ1v) is 9.63. The molecular weight excluding hydrogens is 336 g/mol. The predicted octanol–water partition coefficient (Wildman–Crippen LogP) is 3.57. The Labute approximate surface area is 159 Å². The van der Waals surface area contributed by atoms with Crippen molar-refractivity contribution in [3.05, 3.63) is 72.1 Å². The lowest BCUT2D eigenvalue weighted by atomic mass is 9.97. The number of nitrogens with zero attached hydrogens (tertiary/aromatic N) is 3. The van der Waals surface area contributed by atoms with Crippen molar-refractivity contribution in [2.45, 2.75) is 38.1 Å². The van der Waals surface area contributed by atoms with Crippen molar-refractivity contribution in [2.75, 3.05) is 6.54 Å². The topological polar surface area (TPSA) is 59.8 Å². The molecule has 1 N–H and O–H groups in total. The maximum atomic E-state index is 12.7. The zero-order valence-electron chi connectivity index (χ0n) is 15.3. The van der Waals surface area contributed by atoms with Gasteiger partial charge in [-0.1, -0.05) is 60.7 Å². The molecule has 0 fully saturated rings. The van der Waals surface area contributed by atoms with Gasteiger partial charge in [0.05, 0.1) is 5.92 Å². The summed E-state index contributed by atoms with van der Waals surface area (Å²) in [6.07, 6.45) is 3.70. The van der Waals surface area contributed by atoms with Gasteiger partial charge in [-0.05, 0) is 31.2 Å². The van der Waals surface area contributed by atoms with E-state index in [1.54, 1.807) is 0 Å². The molecule has 0 spiro atoms. The summed E-state index contributed by atoms with van der Waals surface area (Å²) >= 11 is 0. The number of amides is 1. The highest BCUT2D eigenvalue weighted by Gasteiger charge is 2.30. The number of carbonyl (C=O) groups is 1. The number of benzene rings is 2. The Morgan fingerprint density at radius 3 is 2.56 bits per heavy atom. The number of fused-ring (bicyclic) bond motifs is 1. The Hall–Kier alpha value is -2.95. The van der Waals surface area contributed by atoms with Crippen LogP contribution in [0.4, 0.5) is 0 Å². The number of hydrogen-bond donors (Lipinski definition) is 1. The van der Waals surface area contributed by atoms with Gasteiger partial charge in [0.25, 0.3) is 0 Å². The van der Waals surface area contributed by atoms with Crippen molar-refractivity contribution in [1.82, 2.24) is 20.1 Å². The van der Waals surface area contributed by atoms with Crippen LogP contribution in [0.3, 0.4) is 0 Å².